The molecule has 42 nitrogen and oxygen atoms in total. The standard InChI is InChI=1S/C78H133N13O29/c1-37(82-63(99)113-71(5,6)7)31-42-52(94)53(95)44(29-30-47(88-67(103)117-75(17,18)19)89-68(104)118-76(20,21)22)107-60(42)111-58-46(36-81-49(92)34-79)109-62(56(58)98)112-59-51(93)41(33-48(90-69(105)119-77(23,24)25)91-70(106)120-78(26,27)28)32-43(83-39(3)86-65(101)115-73(11,12)13)57(59)110-61-50(84-40(4)87-66(102)116-74(14,15)16)55(97)54(96)45(108-61)35-80-38(2)85-64(100)114-72(8,9)10/h41-46,50-62,93-98H,1,29-36,79H2,2-28H3,(H,81,92)(H,82,99)(H,80,85,100)(H,83,86,101)(H,84,87,102)(H,88,89,103,104)(H,90,91,105,106)/t41-,42+,43?,44-,45?,46+,50?,51?,52-,53?,54+,55+,56-,57+,58?,59+,60?,61+,62-/m0/s1. The van der Waals surface area contributed by atoms with Gasteiger partial charge in [0, 0.05) is 31.0 Å². The Hall–Kier alpha value is -8.40. The minimum absolute atomic E-state index is 0.0546. The summed E-state index contributed by atoms with van der Waals surface area (Å²) in [5, 5.41) is 93.1. The maximum Gasteiger partial charge on any atom is 0.435 e. The van der Waals surface area contributed by atoms with E-state index in [1.165, 1.54) is 20.8 Å². The summed E-state index contributed by atoms with van der Waals surface area (Å²) >= 11 is 0. The molecule has 3 aliphatic heterocycles. The number of alkyl carbamates (subject to hydrolysis) is 6. The fourth-order valence-corrected chi connectivity index (χ4v) is 12.1. The Morgan fingerprint density at radius 3 is 1.27 bits per heavy atom. The molecule has 4 rings (SSSR count). The van der Waals surface area contributed by atoms with Crippen LogP contribution in [-0.2, 0) is 71.1 Å². The summed E-state index contributed by atoms with van der Waals surface area (Å²) in [5.41, 5.74) is -2.85. The van der Waals surface area contributed by atoms with Crippen LogP contribution in [0.2, 0.25) is 0 Å². The Morgan fingerprint density at radius 1 is 0.417 bits per heavy atom. The lowest BCUT2D eigenvalue weighted by Gasteiger charge is -2.48. The fourth-order valence-electron chi connectivity index (χ4n) is 12.1. The van der Waals surface area contributed by atoms with Crippen LogP contribution in [0.5, 0.6) is 0 Å². The Labute approximate surface area is 701 Å². The van der Waals surface area contributed by atoms with E-state index in [1.807, 2.05) is 0 Å². The van der Waals surface area contributed by atoms with Gasteiger partial charge in [-0.15, -0.1) is 0 Å². The third kappa shape index (κ3) is 37.9. The number of carbonyl (C=O) groups excluding carboxylic acids is 9. The zero-order valence-corrected chi connectivity index (χ0v) is 74.2. The van der Waals surface area contributed by atoms with Crippen molar-refractivity contribution in [2.45, 2.75) is 368 Å². The van der Waals surface area contributed by atoms with E-state index in [1.54, 1.807) is 166 Å². The van der Waals surface area contributed by atoms with Crippen molar-refractivity contribution in [1.82, 2.24) is 37.2 Å². The SMILES string of the molecule is C=C(C[C@H]1C(OC2[C@@H](CNC(=O)CN)O[C@@H](O[C@@H]3C(O)[C@H](CC(=NC(=O)OC(C)(C)C)NC(=O)OC(C)(C)C)CC(N=C(C)NC(=O)OC(C)(C)C)[C@H]3O[C@H]3OC(CN=C(C)NC(=O)OC(C)(C)C)[C@@H](O)[C@H](O)C3N=C(C)NC(=O)OC(C)(C)C)[C@H]2O)O[C@@H](CCC(=NC(=O)OC(C)(C)C)NC(=O)OC(C)(C)C)C(O)[C@H]1O)NC(=O)OC(C)(C)C. The second kappa shape index (κ2) is 43.1. The van der Waals surface area contributed by atoms with Crippen LogP contribution < -0.4 is 43.0 Å². The minimum atomic E-state index is -2.18. The highest BCUT2D eigenvalue weighted by atomic mass is 16.8. The van der Waals surface area contributed by atoms with Gasteiger partial charge in [0.05, 0.1) is 37.4 Å². The van der Waals surface area contributed by atoms with E-state index in [2.05, 4.69) is 63.8 Å². The number of aliphatic imine (C=N–C) groups is 5. The molecule has 1 saturated carbocycles. The van der Waals surface area contributed by atoms with E-state index < -0.39 is 273 Å². The van der Waals surface area contributed by atoms with Crippen LogP contribution >= 0.6 is 0 Å². The third-order valence-electron chi connectivity index (χ3n) is 16.5. The number of aliphatic hydroxyl groups is 6. The van der Waals surface area contributed by atoms with Gasteiger partial charge < -0.3 is 108 Å². The highest BCUT2D eigenvalue weighted by Crippen LogP contribution is 2.42. The average Bonchev–Trinajstić information content (AvgIpc) is 1.50. The van der Waals surface area contributed by atoms with Crippen LogP contribution in [0.3, 0.4) is 0 Å². The minimum Gasteiger partial charge on any atom is -0.444 e. The van der Waals surface area contributed by atoms with Crippen LogP contribution in [0.15, 0.2) is 37.2 Å². The second-order valence-electron chi connectivity index (χ2n) is 37.3. The number of nitrogens with two attached hydrogens (primary N) is 1. The largest absolute Gasteiger partial charge is 0.444 e. The van der Waals surface area contributed by atoms with E-state index in [-0.39, 0.29) is 29.0 Å². The number of ether oxygens (including phenoxy) is 14. The second-order valence-corrected chi connectivity index (χ2v) is 37.3. The monoisotopic (exact) mass is 1720 g/mol. The predicted octanol–water partition coefficient (Wildman–Crippen LogP) is 6.08. The van der Waals surface area contributed by atoms with Crippen LogP contribution in [0.1, 0.15) is 219 Å². The molecule has 4 aliphatic rings. The summed E-state index contributed by atoms with van der Waals surface area (Å²) in [7, 11) is 0. The van der Waals surface area contributed by atoms with Crippen molar-refractivity contribution in [2.24, 2.45) is 42.5 Å². The highest BCUT2D eigenvalue weighted by Gasteiger charge is 2.57. The van der Waals surface area contributed by atoms with Gasteiger partial charge in [0.1, 0.15) is 135 Å². The number of rotatable bonds is 21. The molecular formula is C78H133N13O29. The number of carbonyl (C=O) groups is 9. The van der Waals surface area contributed by atoms with Crippen molar-refractivity contribution in [3.05, 3.63) is 12.3 Å². The summed E-state index contributed by atoms with van der Waals surface area (Å²) in [5.74, 6) is -4.99. The number of nitrogens with zero attached hydrogens (tertiary/aromatic N) is 5. The molecule has 15 N–H and O–H groups in total. The average molecular weight is 1720 g/mol. The molecule has 0 spiro atoms. The topological polar surface area (TPSA) is 576 Å². The Kier molecular flexibility index (Phi) is 37.3. The van der Waals surface area contributed by atoms with Crippen molar-refractivity contribution >= 4 is 83.8 Å². The van der Waals surface area contributed by atoms with E-state index in [9.17, 15) is 73.8 Å². The van der Waals surface area contributed by atoms with Gasteiger partial charge in [0.15, 0.2) is 18.9 Å². The summed E-state index contributed by atoms with van der Waals surface area (Å²) in [4.78, 5) is 143. The molecule has 3 saturated heterocycles. The normalized spacial score (nSPS) is 27.8. The van der Waals surface area contributed by atoms with Gasteiger partial charge >= 0.3 is 48.7 Å². The number of allylic oxidation sites excluding steroid dienone is 1. The van der Waals surface area contributed by atoms with Gasteiger partial charge in [-0.1, -0.05) is 6.58 Å². The molecule has 0 bridgehead atoms. The molecule has 120 heavy (non-hydrogen) atoms. The van der Waals surface area contributed by atoms with Crippen molar-refractivity contribution < 1.29 is 140 Å². The van der Waals surface area contributed by atoms with Crippen LogP contribution in [0.4, 0.5) is 38.4 Å². The molecule has 0 aromatic rings. The van der Waals surface area contributed by atoms with Gasteiger partial charge in [0.25, 0.3) is 0 Å². The lowest BCUT2D eigenvalue weighted by molar-refractivity contribution is -0.309. The number of aliphatic hydroxyl groups excluding tert-OH is 6. The molecule has 684 valence electrons. The number of amides is 9. The van der Waals surface area contributed by atoms with Crippen molar-refractivity contribution in [1.29, 1.82) is 0 Å². The lowest BCUT2D eigenvalue weighted by Crippen LogP contribution is -2.63. The van der Waals surface area contributed by atoms with Gasteiger partial charge in [0.2, 0.25) is 5.91 Å². The summed E-state index contributed by atoms with van der Waals surface area (Å²) in [6, 6.07) is -3.38. The van der Waals surface area contributed by atoms with Gasteiger partial charge in [-0.25, -0.2) is 38.4 Å². The summed E-state index contributed by atoms with van der Waals surface area (Å²) in [6.07, 6.45) is -39.4. The van der Waals surface area contributed by atoms with Crippen molar-refractivity contribution in [3.63, 3.8) is 0 Å². The molecule has 0 aromatic carbocycles. The molecule has 42 heteroatoms. The quantitative estimate of drug-likeness (QED) is 0.0352. The molecule has 7 unspecified atom stereocenters. The number of nitrogens with one attached hydrogen (secondary N) is 7. The van der Waals surface area contributed by atoms with Crippen LogP contribution in [0, 0.1) is 11.8 Å². The molecule has 9 amide bonds. The number of hydrogen-bond donors (Lipinski definition) is 14. The van der Waals surface area contributed by atoms with E-state index >= 15 is 0 Å². The Morgan fingerprint density at radius 2 is 0.808 bits per heavy atom. The number of hydrogen-bond acceptors (Lipinski definition) is 33. The van der Waals surface area contributed by atoms with E-state index in [0.29, 0.717) is 0 Å². The zero-order chi connectivity index (χ0) is 91.7. The zero-order valence-electron chi connectivity index (χ0n) is 74.2. The molecule has 4 fully saturated rings. The fraction of sp³-hybridized carbons (Fsp3) is 0.795. The first-order valence-electron chi connectivity index (χ1n) is 39.5. The Balaban J connectivity index is 2.15. The molecule has 19 atom stereocenters. The first-order valence-corrected chi connectivity index (χ1v) is 39.5. The van der Waals surface area contributed by atoms with E-state index in [0.717, 1.165) is 0 Å². The predicted molar refractivity (Wildman–Crippen MR) is 433 cm³/mol. The number of amidine groups is 5. The highest BCUT2D eigenvalue weighted by molar-refractivity contribution is 6.01. The van der Waals surface area contributed by atoms with Gasteiger partial charge in [-0.2, -0.15) is 9.98 Å². The molecule has 0 radical (unpaired) electrons. The molecule has 1 aliphatic carbocycles. The maximum absolute atomic E-state index is 13.8. The van der Waals surface area contributed by atoms with Gasteiger partial charge in [-0.3, -0.25) is 51.7 Å². The van der Waals surface area contributed by atoms with Crippen LogP contribution in [-0.4, -0.2) is 283 Å². The lowest BCUT2D eigenvalue weighted by atomic mass is 9.77. The molecule has 0 aromatic heterocycles. The Bertz CT molecular complexity index is 3680. The smallest absolute Gasteiger partial charge is 0.435 e. The first-order chi connectivity index (χ1) is 54.6. The van der Waals surface area contributed by atoms with Gasteiger partial charge in [-0.05, 0) is 212 Å². The van der Waals surface area contributed by atoms with Crippen molar-refractivity contribution in [2.75, 3.05) is 19.6 Å². The third-order valence-corrected chi connectivity index (χ3v) is 16.5. The van der Waals surface area contributed by atoms with E-state index in [4.69, 9.17) is 77.0 Å². The summed E-state index contributed by atoms with van der Waals surface area (Å²) in [6.45, 7) is 44.3. The first kappa shape index (κ1) is 104. The maximum atomic E-state index is 13.8. The van der Waals surface area contributed by atoms with Crippen molar-refractivity contribution in [3.8, 4) is 0 Å². The molecule has 3 heterocycles. The molecular weight excluding hydrogens is 1580 g/mol. The van der Waals surface area contributed by atoms with Crippen LogP contribution in [0.25, 0.3) is 0 Å². The summed E-state index contributed by atoms with van der Waals surface area (Å²) < 4.78 is 84.3.